The van der Waals surface area contributed by atoms with Crippen molar-refractivity contribution < 1.29 is 22.3 Å². The normalized spacial score (nSPS) is 14.4. The highest BCUT2D eigenvalue weighted by atomic mass is 19.4. The zero-order valence-electron chi connectivity index (χ0n) is 10.7. The van der Waals surface area contributed by atoms with Gasteiger partial charge < -0.3 is 4.74 Å². The molecule has 0 radical (unpaired) electrons. The van der Waals surface area contributed by atoms with Gasteiger partial charge in [0.15, 0.2) is 0 Å². The maximum absolute atomic E-state index is 13.6. The molecule has 0 aromatic heterocycles. The van der Waals surface area contributed by atoms with Crippen molar-refractivity contribution in [2.75, 3.05) is 0 Å². The molecule has 0 saturated heterocycles. The number of hydrogen-bond acceptors (Lipinski definition) is 1. The Balaban J connectivity index is 3.09. The van der Waals surface area contributed by atoms with Crippen LogP contribution in [0, 0.1) is 11.2 Å². The van der Waals surface area contributed by atoms with Crippen molar-refractivity contribution >= 4 is 0 Å². The van der Waals surface area contributed by atoms with Crippen LogP contribution in [0.1, 0.15) is 39.2 Å². The van der Waals surface area contributed by atoms with Gasteiger partial charge in [0.1, 0.15) is 11.6 Å². The van der Waals surface area contributed by atoms with Crippen LogP contribution in [0.25, 0.3) is 0 Å². The van der Waals surface area contributed by atoms with Crippen molar-refractivity contribution in [2.24, 2.45) is 5.41 Å². The molecule has 0 fully saturated rings. The fourth-order valence-electron chi connectivity index (χ4n) is 1.52. The van der Waals surface area contributed by atoms with E-state index in [9.17, 15) is 17.6 Å². The van der Waals surface area contributed by atoms with E-state index in [1.165, 1.54) is 0 Å². The van der Waals surface area contributed by atoms with Crippen molar-refractivity contribution in [3.05, 3.63) is 29.6 Å². The lowest BCUT2D eigenvalue weighted by molar-refractivity contribution is -0.274. The monoisotopic (exact) mass is 264 g/mol. The summed E-state index contributed by atoms with van der Waals surface area (Å²) in [5.41, 5.74) is -0.0261. The maximum atomic E-state index is 13.6. The molecule has 0 aliphatic rings. The molecule has 1 rings (SSSR count). The van der Waals surface area contributed by atoms with Crippen molar-refractivity contribution in [3.63, 3.8) is 0 Å². The van der Waals surface area contributed by atoms with E-state index in [0.717, 1.165) is 18.2 Å². The van der Waals surface area contributed by atoms with Gasteiger partial charge in [-0.1, -0.05) is 27.7 Å². The zero-order chi connectivity index (χ0) is 14.1. The fraction of sp³-hybridized carbons (Fsp3) is 0.538. The highest BCUT2D eigenvalue weighted by molar-refractivity contribution is 5.33. The summed E-state index contributed by atoms with van der Waals surface area (Å²) in [6.45, 7) is 7.47. The number of benzene rings is 1. The first kappa shape index (κ1) is 14.8. The second kappa shape index (κ2) is 4.78. The SMILES string of the molecule is C[C@@H](c1cc(OC(F)(F)F)ccc1F)C(C)(C)C. The van der Waals surface area contributed by atoms with Gasteiger partial charge in [0.05, 0.1) is 0 Å². The summed E-state index contributed by atoms with van der Waals surface area (Å²) in [7, 11) is 0. The number of ether oxygens (including phenoxy) is 1. The predicted octanol–water partition coefficient (Wildman–Crippen LogP) is 4.87. The quantitative estimate of drug-likeness (QED) is 0.692. The Morgan fingerprint density at radius 3 is 2.11 bits per heavy atom. The van der Waals surface area contributed by atoms with Gasteiger partial charge in [-0.3, -0.25) is 0 Å². The first-order chi connectivity index (χ1) is 8.00. The summed E-state index contributed by atoms with van der Waals surface area (Å²) < 4.78 is 53.7. The molecule has 18 heavy (non-hydrogen) atoms. The smallest absolute Gasteiger partial charge is 0.406 e. The van der Waals surface area contributed by atoms with Gasteiger partial charge in [-0.05, 0) is 35.1 Å². The molecule has 1 atom stereocenters. The molecular formula is C13H16F4O. The van der Waals surface area contributed by atoms with Crippen LogP contribution in [0.15, 0.2) is 18.2 Å². The average molecular weight is 264 g/mol. The van der Waals surface area contributed by atoms with Gasteiger partial charge in [0, 0.05) is 0 Å². The Labute approximate surface area is 104 Å². The summed E-state index contributed by atoms with van der Waals surface area (Å²) >= 11 is 0. The molecule has 0 bridgehead atoms. The Bertz CT molecular complexity index is 418. The summed E-state index contributed by atoms with van der Waals surface area (Å²) in [5.74, 6) is -1.14. The van der Waals surface area contributed by atoms with Crippen LogP contribution in [-0.2, 0) is 0 Å². The van der Waals surface area contributed by atoms with E-state index in [-0.39, 0.29) is 16.9 Å². The molecule has 0 aliphatic carbocycles. The van der Waals surface area contributed by atoms with E-state index in [4.69, 9.17) is 0 Å². The van der Waals surface area contributed by atoms with Gasteiger partial charge in [-0.2, -0.15) is 0 Å². The molecule has 0 spiro atoms. The van der Waals surface area contributed by atoms with E-state index in [1.54, 1.807) is 6.92 Å². The minimum absolute atomic E-state index is 0.226. The number of hydrogen-bond donors (Lipinski definition) is 0. The van der Waals surface area contributed by atoms with Crippen LogP contribution in [0.4, 0.5) is 17.6 Å². The summed E-state index contributed by atoms with van der Waals surface area (Å²) in [6, 6.07) is 3.08. The van der Waals surface area contributed by atoms with Crippen molar-refractivity contribution in [1.82, 2.24) is 0 Å². The van der Waals surface area contributed by atoms with E-state index in [1.807, 2.05) is 20.8 Å². The van der Waals surface area contributed by atoms with E-state index in [2.05, 4.69) is 4.74 Å². The third-order valence-corrected chi connectivity index (χ3v) is 2.97. The molecule has 0 amide bonds. The molecule has 1 aromatic rings. The fourth-order valence-corrected chi connectivity index (χ4v) is 1.52. The lowest BCUT2D eigenvalue weighted by Gasteiger charge is -2.28. The van der Waals surface area contributed by atoms with Crippen molar-refractivity contribution in [1.29, 1.82) is 0 Å². The minimum Gasteiger partial charge on any atom is -0.406 e. The lowest BCUT2D eigenvalue weighted by atomic mass is 9.77. The molecule has 1 aromatic carbocycles. The van der Waals surface area contributed by atoms with Gasteiger partial charge in [0.25, 0.3) is 0 Å². The molecule has 0 N–H and O–H groups in total. The number of alkyl halides is 3. The molecular weight excluding hydrogens is 248 g/mol. The van der Waals surface area contributed by atoms with Gasteiger partial charge in [-0.25, -0.2) is 4.39 Å². The third kappa shape index (κ3) is 3.89. The lowest BCUT2D eigenvalue weighted by Crippen LogP contribution is -2.19. The van der Waals surface area contributed by atoms with Gasteiger partial charge >= 0.3 is 6.36 Å². The standard InChI is InChI=1S/C13H16F4O/c1-8(12(2,3)4)10-7-9(5-6-11(10)14)18-13(15,16)17/h5-8H,1-4H3/t8-/m0/s1. The maximum Gasteiger partial charge on any atom is 0.573 e. The molecule has 1 nitrogen and oxygen atoms in total. The molecule has 0 unspecified atom stereocenters. The molecule has 0 saturated carbocycles. The largest absolute Gasteiger partial charge is 0.573 e. The van der Waals surface area contributed by atoms with Gasteiger partial charge in [-0.15, -0.1) is 13.2 Å². The Hall–Kier alpha value is -1.26. The van der Waals surface area contributed by atoms with Crippen LogP contribution in [0.2, 0.25) is 0 Å². The van der Waals surface area contributed by atoms with Crippen LogP contribution in [0.3, 0.4) is 0 Å². The number of rotatable bonds is 2. The van der Waals surface area contributed by atoms with Crippen molar-refractivity contribution in [2.45, 2.75) is 40.0 Å². The third-order valence-electron chi connectivity index (χ3n) is 2.97. The highest BCUT2D eigenvalue weighted by Crippen LogP contribution is 2.37. The van der Waals surface area contributed by atoms with Crippen LogP contribution < -0.4 is 4.74 Å². The second-order valence-electron chi connectivity index (χ2n) is 5.32. The first-order valence-corrected chi connectivity index (χ1v) is 5.56. The van der Waals surface area contributed by atoms with Gasteiger partial charge in [0.2, 0.25) is 0 Å². The van der Waals surface area contributed by atoms with E-state index in [0.29, 0.717) is 0 Å². The average Bonchev–Trinajstić information content (AvgIpc) is 2.16. The minimum atomic E-state index is -4.76. The summed E-state index contributed by atoms with van der Waals surface area (Å²) in [5, 5.41) is 0. The highest BCUT2D eigenvalue weighted by Gasteiger charge is 2.32. The molecule has 102 valence electrons. The van der Waals surface area contributed by atoms with E-state index < -0.39 is 17.9 Å². The Kier molecular flexibility index (Phi) is 3.93. The van der Waals surface area contributed by atoms with Crippen LogP contribution in [-0.4, -0.2) is 6.36 Å². The molecule has 0 heterocycles. The Morgan fingerprint density at radius 1 is 1.11 bits per heavy atom. The summed E-state index contributed by atoms with van der Waals surface area (Å²) in [4.78, 5) is 0. The predicted molar refractivity (Wildman–Crippen MR) is 61.0 cm³/mol. The topological polar surface area (TPSA) is 9.23 Å². The zero-order valence-corrected chi connectivity index (χ0v) is 10.7. The van der Waals surface area contributed by atoms with Crippen LogP contribution >= 0.6 is 0 Å². The summed E-state index contributed by atoms with van der Waals surface area (Å²) in [6.07, 6.45) is -4.76. The molecule has 0 aliphatic heterocycles. The number of halogens is 4. The second-order valence-corrected chi connectivity index (χ2v) is 5.32. The van der Waals surface area contributed by atoms with Crippen LogP contribution in [0.5, 0.6) is 5.75 Å². The first-order valence-electron chi connectivity index (χ1n) is 5.56. The Morgan fingerprint density at radius 2 is 1.67 bits per heavy atom. The van der Waals surface area contributed by atoms with Crippen molar-refractivity contribution in [3.8, 4) is 5.75 Å². The molecule has 5 heteroatoms. The van der Waals surface area contributed by atoms with E-state index >= 15 is 0 Å².